The highest BCUT2D eigenvalue weighted by molar-refractivity contribution is 5.94. The van der Waals surface area contributed by atoms with Crippen LogP contribution in [-0.4, -0.2) is 21.1 Å². The number of nitrogens with zero attached hydrogens (tertiary/aromatic N) is 1. The number of benzene rings is 2. The summed E-state index contributed by atoms with van der Waals surface area (Å²) in [6.45, 7) is 0.243. The predicted octanol–water partition coefficient (Wildman–Crippen LogP) is 3.61. The minimum absolute atomic E-state index is 0.136. The molecule has 31 heavy (non-hydrogen) atoms. The van der Waals surface area contributed by atoms with Gasteiger partial charge in [-0.3, -0.25) is 14.7 Å². The van der Waals surface area contributed by atoms with Crippen molar-refractivity contribution in [1.82, 2.24) is 15.2 Å². The van der Waals surface area contributed by atoms with Crippen LogP contribution in [0.1, 0.15) is 21.6 Å². The van der Waals surface area contributed by atoms with Crippen LogP contribution in [-0.2, 0) is 12.8 Å². The molecule has 0 unspecified atom stereocenters. The number of aromatic nitrogens is 3. The fraction of sp³-hybridized carbons (Fsp3) is 0.0952. The molecule has 2 heterocycles. The first kappa shape index (κ1) is 20.2. The monoisotopic (exact) mass is 428 g/mol. The van der Waals surface area contributed by atoms with Crippen LogP contribution in [0.2, 0.25) is 0 Å². The highest BCUT2D eigenvalue weighted by Gasteiger charge is 2.36. The Hall–Kier alpha value is -4.08. The fourth-order valence-electron chi connectivity index (χ4n) is 3.14. The van der Waals surface area contributed by atoms with Crippen molar-refractivity contribution in [1.29, 1.82) is 0 Å². The van der Waals surface area contributed by atoms with E-state index in [9.17, 15) is 22.8 Å². The number of aromatic amines is 2. The lowest BCUT2D eigenvalue weighted by atomic mass is 10.0. The van der Waals surface area contributed by atoms with Crippen LogP contribution < -0.4 is 16.0 Å². The van der Waals surface area contributed by atoms with E-state index in [0.29, 0.717) is 5.75 Å². The van der Waals surface area contributed by atoms with Crippen molar-refractivity contribution in [2.75, 3.05) is 0 Å². The second-order valence-electron chi connectivity index (χ2n) is 6.77. The Morgan fingerprint density at radius 2 is 1.84 bits per heavy atom. The molecule has 0 saturated carbocycles. The third-order valence-electron chi connectivity index (χ3n) is 4.67. The average molecular weight is 428 g/mol. The van der Waals surface area contributed by atoms with Crippen molar-refractivity contribution in [3.8, 4) is 16.9 Å². The summed E-state index contributed by atoms with van der Waals surface area (Å²) in [5.74, 6) is -0.688. The summed E-state index contributed by atoms with van der Waals surface area (Å²) in [6.07, 6.45) is -3.13. The maximum absolute atomic E-state index is 13.4. The summed E-state index contributed by atoms with van der Waals surface area (Å²) >= 11 is 0. The normalized spacial score (nSPS) is 11.6. The zero-order valence-corrected chi connectivity index (χ0v) is 15.8. The highest BCUT2D eigenvalue weighted by Crippen LogP contribution is 2.35. The number of hydrogen-bond donors (Lipinski definition) is 3. The van der Waals surface area contributed by atoms with Crippen LogP contribution in [0.4, 0.5) is 13.2 Å². The van der Waals surface area contributed by atoms with E-state index < -0.39 is 28.9 Å². The molecular weight excluding hydrogens is 413 g/mol. The van der Waals surface area contributed by atoms with Gasteiger partial charge < -0.3 is 15.5 Å². The molecule has 0 fully saturated rings. The predicted molar refractivity (Wildman–Crippen MR) is 106 cm³/mol. The number of carbonyl (C=O) groups excluding carboxylic acids is 1. The smallest absolute Gasteiger partial charge is 0.431 e. The molecule has 2 aromatic heterocycles. The summed E-state index contributed by atoms with van der Waals surface area (Å²) in [5.41, 5.74) is 3.60. The van der Waals surface area contributed by atoms with Crippen molar-refractivity contribution >= 4 is 16.8 Å². The Morgan fingerprint density at radius 1 is 1.10 bits per heavy atom. The number of H-pyrrole nitrogens is 2. The highest BCUT2D eigenvalue weighted by atomic mass is 19.4. The summed E-state index contributed by atoms with van der Waals surface area (Å²) in [4.78, 5) is 24.9. The minimum Gasteiger partial charge on any atom is -0.489 e. The molecule has 0 bridgehead atoms. The van der Waals surface area contributed by atoms with Gasteiger partial charge in [-0.1, -0.05) is 24.3 Å². The molecule has 4 aromatic rings. The molecule has 10 heteroatoms. The van der Waals surface area contributed by atoms with Gasteiger partial charge in [0.2, 0.25) is 0 Å². The fourth-order valence-corrected chi connectivity index (χ4v) is 3.14. The quantitative estimate of drug-likeness (QED) is 0.451. The molecule has 7 nitrogen and oxygen atoms in total. The number of halogens is 3. The van der Waals surface area contributed by atoms with E-state index >= 15 is 0 Å². The lowest BCUT2D eigenvalue weighted by Crippen LogP contribution is -2.27. The lowest BCUT2D eigenvalue weighted by molar-refractivity contribution is -0.140. The largest absolute Gasteiger partial charge is 0.489 e. The van der Waals surface area contributed by atoms with E-state index in [2.05, 4.69) is 10.2 Å². The average Bonchev–Trinajstić information content (AvgIpc) is 3.19. The van der Waals surface area contributed by atoms with E-state index in [4.69, 9.17) is 10.5 Å². The van der Waals surface area contributed by atoms with Crippen molar-refractivity contribution in [3.05, 3.63) is 81.9 Å². The Morgan fingerprint density at radius 3 is 2.52 bits per heavy atom. The van der Waals surface area contributed by atoms with Crippen LogP contribution in [0.3, 0.4) is 0 Å². The van der Waals surface area contributed by atoms with Crippen molar-refractivity contribution < 1.29 is 22.7 Å². The first-order valence-corrected chi connectivity index (χ1v) is 9.02. The second-order valence-corrected chi connectivity index (χ2v) is 6.77. The Labute approximate surface area is 172 Å². The zero-order chi connectivity index (χ0) is 22.2. The number of hydrogen-bond acceptors (Lipinski definition) is 4. The van der Waals surface area contributed by atoms with Gasteiger partial charge in [-0.05, 0) is 35.4 Å². The molecular formula is C21H15F3N4O3. The van der Waals surface area contributed by atoms with Gasteiger partial charge in [0.1, 0.15) is 23.6 Å². The van der Waals surface area contributed by atoms with Crippen LogP contribution in [0.5, 0.6) is 5.75 Å². The molecule has 158 valence electrons. The first-order valence-electron chi connectivity index (χ1n) is 9.02. The molecule has 0 aliphatic carbocycles. The number of ether oxygens (including phenoxy) is 1. The van der Waals surface area contributed by atoms with Crippen molar-refractivity contribution in [3.63, 3.8) is 0 Å². The number of alkyl halides is 3. The third kappa shape index (κ3) is 4.13. The molecule has 0 saturated heterocycles. The van der Waals surface area contributed by atoms with Crippen LogP contribution >= 0.6 is 0 Å². The van der Waals surface area contributed by atoms with Gasteiger partial charge in [-0.2, -0.15) is 18.3 Å². The van der Waals surface area contributed by atoms with Crippen molar-refractivity contribution in [2.45, 2.75) is 12.8 Å². The maximum Gasteiger partial charge on any atom is 0.431 e. The molecule has 2 aromatic carbocycles. The minimum atomic E-state index is -4.83. The number of rotatable bonds is 5. The number of carbonyl (C=O) groups is 1. The molecule has 4 N–H and O–H groups in total. The standard InChI is InChI=1S/C21H15F3N4O3/c22-21(23,24)18-15(8-16(19(25)29)20(30)27-18)12-3-5-14(6-4-12)31-10-11-1-2-13-9-26-28-17(13)7-11/h1-9H,10H2,(H2,25,29)(H,26,28)(H,27,30). The lowest BCUT2D eigenvalue weighted by Gasteiger charge is -2.14. The number of nitrogens with one attached hydrogen (secondary N) is 2. The van der Waals surface area contributed by atoms with Gasteiger partial charge in [0, 0.05) is 10.9 Å². The number of amides is 1. The molecule has 0 atom stereocenters. The van der Waals surface area contributed by atoms with Crippen LogP contribution in [0.15, 0.2) is 59.5 Å². The Bertz CT molecular complexity index is 1320. The third-order valence-corrected chi connectivity index (χ3v) is 4.67. The van der Waals surface area contributed by atoms with E-state index in [1.807, 2.05) is 18.2 Å². The van der Waals surface area contributed by atoms with Gasteiger partial charge in [0.05, 0.1) is 11.7 Å². The molecule has 1 amide bonds. The summed E-state index contributed by atoms with van der Waals surface area (Å²) in [6, 6.07) is 12.3. The number of nitrogens with two attached hydrogens (primary N) is 1. The van der Waals surface area contributed by atoms with Gasteiger partial charge in [0.25, 0.3) is 11.5 Å². The summed E-state index contributed by atoms with van der Waals surface area (Å²) in [7, 11) is 0. The Balaban J connectivity index is 1.60. The van der Waals surface area contributed by atoms with Crippen LogP contribution in [0, 0.1) is 0 Å². The molecule has 0 aliphatic rings. The van der Waals surface area contributed by atoms with Crippen LogP contribution in [0.25, 0.3) is 22.0 Å². The number of primary amides is 1. The van der Waals surface area contributed by atoms with E-state index in [1.165, 1.54) is 24.3 Å². The van der Waals surface area contributed by atoms with Gasteiger partial charge in [-0.25, -0.2) is 0 Å². The maximum atomic E-state index is 13.4. The molecule has 0 aliphatic heterocycles. The summed E-state index contributed by atoms with van der Waals surface area (Å²) < 4.78 is 45.9. The number of pyridine rings is 1. The van der Waals surface area contributed by atoms with Crippen molar-refractivity contribution in [2.24, 2.45) is 5.73 Å². The van der Waals surface area contributed by atoms with E-state index in [0.717, 1.165) is 22.5 Å². The van der Waals surface area contributed by atoms with E-state index in [-0.39, 0.29) is 17.7 Å². The topological polar surface area (TPSA) is 114 Å². The second kappa shape index (κ2) is 7.63. The summed E-state index contributed by atoms with van der Waals surface area (Å²) in [5, 5.41) is 7.77. The molecule has 4 rings (SSSR count). The number of fused-ring (bicyclic) bond motifs is 1. The molecule has 0 spiro atoms. The molecule has 0 radical (unpaired) electrons. The van der Waals surface area contributed by atoms with Gasteiger partial charge in [0.15, 0.2) is 0 Å². The van der Waals surface area contributed by atoms with Gasteiger partial charge in [-0.15, -0.1) is 0 Å². The zero-order valence-electron chi connectivity index (χ0n) is 15.8. The van der Waals surface area contributed by atoms with E-state index in [1.54, 1.807) is 11.2 Å². The van der Waals surface area contributed by atoms with Gasteiger partial charge >= 0.3 is 6.18 Å². The Kier molecular flexibility index (Phi) is 4.97. The first-order chi connectivity index (χ1) is 14.7. The SMILES string of the molecule is NC(=O)c1cc(-c2ccc(OCc3ccc4cn[nH]c4c3)cc2)c(C(F)(F)F)[nH]c1=O.